The first-order valence-corrected chi connectivity index (χ1v) is 21.7. The number of rotatable bonds is 6. The molecule has 10 aromatic carbocycles. The lowest BCUT2D eigenvalue weighted by atomic mass is 9.95. The molecule has 0 aliphatic heterocycles. The van der Waals surface area contributed by atoms with Gasteiger partial charge >= 0.3 is 0 Å². The van der Waals surface area contributed by atoms with Crippen LogP contribution in [0, 0.1) is 0 Å². The molecular weight excluding hydrogens is 779 g/mol. The molecule has 0 N–H and O–H groups in total. The Kier molecular flexibility index (Phi) is 8.15. The van der Waals surface area contributed by atoms with Crippen LogP contribution in [0.2, 0.25) is 0 Å². The summed E-state index contributed by atoms with van der Waals surface area (Å²) in [7, 11) is 0. The van der Waals surface area contributed by atoms with Gasteiger partial charge in [-0.1, -0.05) is 188 Å². The van der Waals surface area contributed by atoms with E-state index < -0.39 is 0 Å². The summed E-state index contributed by atoms with van der Waals surface area (Å²) in [4.78, 5) is 16.1. The Morgan fingerprint density at radius 1 is 0.266 bits per heavy atom. The van der Waals surface area contributed by atoms with Crippen LogP contribution in [0.25, 0.3) is 122 Å². The summed E-state index contributed by atoms with van der Waals surface area (Å²) in [5.74, 6) is 1.79. The molecule has 0 amide bonds. The lowest BCUT2D eigenvalue weighted by Crippen LogP contribution is -2.06. The van der Waals surface area contributed by atoms with Gasteiger partial charge in [0.25, 0.3) is 0 Å². The number of nitrogens with zero attached hydrogens (tertiary/aromatic N) is 5. The van der Waals surface area contributed by atoms with Gasteiger partial charge in [0.05, 0.1) is 22.1 Å². The Morgan fingerprint density at radius 2 is 0.750 bits per heavy atom. The topological polar surface area (TPSA) is 48.5 Å². The Labute approximate surface area is 368 Å². The van der Waals surface area contributed by atoms with E-state index >= 15 is 0 Å². The number of fused-ring (bicyclic) bond motifs is 12. The molecule has 3 aromatic heterocycles. The fraction of sp³-hybridized carbons (Fsp3) is 0. The summed E-state index contributed by atoms with van der Waals surface area (Å²) < 4.78 is 4.72. The molecule has 5 nitrogen and oxygen atoms in total. The molecule has 64 heavy (non-hydrogen) atoms. The van der Waals surface area contributed by atoms with Gasteiger partial charge in [-0.25, -0.2) is 4.98 Å². The minimum absolute atomic E-state index is 0.564. The molecular formula is C59H37N5. The van der Waals surface area contributed by atoms with Crippen molar-refractivity contribution in [3.63, 3.8) is 0 Å². The zero-order valence-corrected chi connectivity index (χ0v) is 34.6. The molecule has 0 spiro atoms. The smallest absolute Gasteiger partial charge is 0.238 e. The molecule has 0 saturated carbocycles. The van der Waals surface area contributed by atoms with Crippen LogP contribution in [0.3, 0.4) is 0 Å². The SMILES string of the molecule is c1ccc(-c2ccc(-n3c4ccccc4c4c5c6c7ccccc7c7ccccc7c6n(-c6nc(-c7ccccc7)nc(-c7cccc(-c8ccccc8)c7)n6)c5ccc43)cc2)cc1. The van der Waals surface area contributed by atoms with E-state index in [9.17, 15) is 0 Å². The maximum absolute atomic E-state index is 5.46. The van der Waals surface area contributed by atoms with Gasteiger partial charge in [0.2, 0.25) is 5.95 Å². The summed E-state index contributed by atoms with van der Waals surface area (Å²) >= 11 is 0. The molecule has 13 rings (SSSR count). The van der Waals surface area contributed by atoms with Crippen molar-refractivity contribution in [1.82, 2.24) is 24.1 Å². The summed E-state index contributed by atoms with van der Waals surface area (Å²) in [5, 5.41) is 9.43. The second kappa shape index (κ2) is 14.5. The van der Waals surface area contributed by atoms with Crippen LogP contribution in [0.15, 0.2) is 224 Å². The number of aromatic nitrogens is 5. The molecule has 0 fully saturated rings. The van der Waals surface area contributed by atoms with E-state index in [4.69, 9.17) is 15.0 Å². The second-order valence-corrected chi connectivity index (χ2v) is 16.4. The lowest BCUT2D eigenvalue weighted by Gasteiger charge is -2.13. The van der Waals surface area contributed by atoms with E-state index in [1.54, 1.807) is 0 Å². The van der Waals surface area contributed by atoms with Gasteiger partial charge in [-0.2, -0.15) is 9.97 Å². The van der Waals surface area contributed by atoms with Crippen molar-refractivity contribution >= 4 is 65.2 Å². The molecule has 0 radical (unpaired) electrons. The van der Waals surface area contributed by atoms with Crippen molar-refractivity contribution in [2.45, 2.75) is 0 Å². The van der Waals surface area contributed by atoms with Crippen LogP contribution in [0.4, 0.5) is 0 Å². The highest BCUT2D eigenvalue weighted by Crippen LogP contribution is 2.47. The lowest BCUT2D eigenvalue weighted by molar-refractivity contribution is 0.955. The highest BCUT2D eigenvalue weighted by molar-refractivity contribution is 6.38. The number of hydrogen-bond acceptors (Lipinski definition) is 3. The molecule has 13 aromatic rings. The first-order valence-electron chi connectivity index (χ1n) is 21.7. The minimum atomic E-state index is 0.564. The van der Waals surface area contributed by atoms with Gasteiger partial charge in [-0.05, 0) is 74.8 Å². The Morgan fingerprint density at radius 3 is 1.44 bits per heavy atom. The van der Waals surface area contributed by atoms with E-state index in [-0.39, 0.29) is 0 Å². The van der Waals surface area contributed by atoms with Crippen LogP contribution in [-0.2, 0) is 0 Å². The van der Waals surface area contributed by atoms with Gasteiger partial charge in [0.15, 0.2) is 11.6 Å². The van der Waals surface area contributed by atoms with Gasteiger partial charge < -0.3 is 4.57 Å². The average molecular weight is 816 g/mol. The number of hydrogen-bond donors (Lipinski definition) is 0. The van der Waals surface area contributed by atoms with E-state index in [2.05, 4.69) is 209 Å². The molecule has 0 atom stereocenters. The zero-order chi connectivity index (χ0) is 42.1. The van der Waals surface area contributed by atoms with Crippen LogP contribution < -0.4 is 0 Å². The molecule has 0 unspecified atom stereocenters. The zero-order valence-electron chi connectivity index (χ0n) is 34.6. The van der Waals surface area contributed by atoms with Crippen LogP contribution in [0.1, 0.15) is 0 Å². The standard InChI is InChI=1S/C59H37N5/c1-4-17-38(18-5-1)40-31-33-44(34-32-40)63-50-30-15-14-29-49(50)53-51(63)35-36-52-55(53)54-47-27-12-10-25-45(47)46-26-11-13-28-48(46)56(54)64(52)59-61-57(41-21-8-3-9-22-41)60-58(62-59)43-24-16-23-42(37-43)39-19-6-2-7-20-39/h1-37H. The summed E-state index contributed by atoms with van der Waals surface area (Å²) in [6, 6.07) is 79.7. The summed E-state index contributed by atoms with van der Waals surface area (Å²) in [6.45, 7) is 0. The molecule has 0 saturated heterocycles. The largest absolute Gasteiger partial charge is 0.309 e. The van der Waals surface area contributed by atoms with E-state index in [0.717, 1.165) is 55.4 Å². The predicted molar refractivity (Wildman–Crippen MR) is 265 cm³/mol. The van der Waals surface area contributed by atoms with Crippen molar-refractivity contribution in [2.24, 2.45) is 0 Å². The Bertz CT molecular complexity index is 3930. The first-order chi connectivity index (χ1) is 31.8. The van der Waals surface area contributed by atoms with E-state index in [1.807, 2.05) is 24.3 Å². The van der Waals surface area contributed by atoms with E-state index in [1.165, 1.54) is 48.8 Å². The number of para-hydroxylation sites is 1. The number of benzene rings is 10. The molecule has 3 heterocycles. The van der Waals surface area contributed by atoms with Crippen molar-refractivity contribution in [3.05, 3.63) is 224 Å². The maximum Gasteiger partial charge on any atom is 0.238 e. The van der Waals surface area contributed by atoms with Crippen LogP contribution in [-0.4, -0.2) is 24.1 Å². The third-order valence-corrected chi connectivity index (χ3v) is 12.8. The quantitative estimate of drug-likeness (QED) is 0.157. The third kappa shape index (κ3) is 5.61. The Hall–Kier alpha value is -8.67. The van der Waals surface area contributed by atoms with Crippen LogP contribution >= 0.6 is 0 Å². The fourth-order valence-corrected chi connectivity index (χ4v) is 9.92. The summed E-state index contributed by atoms with van der Waals surface area (Å²) in [6.07, 6.45) is 0. The fourth-order valence-electron chi connectivity index (χ4n) is 9.92. The van der Waals surface area contributed by atoms with Crippen LogP contribution in [0.5, 0.6) is 0 Å². The highest BCUT2D eigenvalue weighted by Gasteiger charge is 2.26. The van der Waals surface area contributed by atoms with Gasteiger partial charge in [-0.3, -0.25) is 4.57 Å². The van der Waals surface area contributed by atoms with Gasteiger partial charge in [-0.15, -0.1) is 0 Å². The molecule has 0 aliphatic rings. The first kappa shape index (κ1) is 36.0. The minimum Gasteiger partial charge on any atom is -0.309 e. The van der Waals surface area contributed by atoms with Gasteiger partial charge in [0, 0.05) is 43.7 Å². The Balaban J connectivity index is 1.16. The average Bonchev–Trinajstić information content (AvgIpc) is 3.91. The molecule has 298 valence electrons. The van der Waals surface area contributed by atoms with Crippen molar-refractivity contribution in [2.75, 3.05) is 0 Å². The molecule has 0 bridgehead atoms. The monoisotopic (exact) mass is 815 g/mol. The predicted octanol–water partition coefficient (Wildman–Crippen LogP) is 15.0. The van der Waals surface area contributed by atoms with Crippen molar-refractivity contribution < 1.29 is 0 Å². The summed E-state index contributed by atoms with van der Waals surface area (Å²) in [5.41, 5.74) is 12.0. The van der Waals surface area contributed by atoms with Gasteiger partial charge in [0.1, 0.15) is 0 Å². The highest BCUT2D eigenvalue weighted by atomic mass is 15.2. The normalized spacial score (nSPS) is 11.8. The second-order valence-electron chi connectivity index (χ2n) is 16.4. The third-order valence-electron chi connectivity index (χ3n) is 12.8. The van der Waals surface area contributed by atoms with Crippen molar-refractivity contribution in [1.29, 1.82) is 0 Å². The molecule has 0 aliphatic carbocycles. The maximum atomic E-state index is 5.46. The molecule has 5 heteroatoms. The van der Waals surface area contributed by atoms with Crippen molar-refractivity contribution in [3.8, 4) is 56.7 Å². The van der Waals surface area contributed by atoms with E-state index in [0.29, 0.717) is 17.6 Å².